The highest BCUT2D eigenvalue weighted by molar-refractivity contribution is 9.12. The normalized spacial score (nSPS) is 31.0. The summed E-state index contributed by atoms with van der Waals surface area (Å²) in [5, 5.41) is 17.6. The minimum absolute atomic E-state index is 0.326. The Kier molecular flexibility index (Phi) is 3.16. The number of carbonyl (C=O) groups is 2. The van der Waals surface area contributed by atoms with Crippen LogP contribution < -0.4 is 0 Å². The Morgan fingerprint density at radius 2 is 2.00 bits per heavy atom. The van der Waals surface area contributed by atoms with Gasteiger partial charge in [-0.1, -0.05) is 44.0 Å². The molecule has 0 aliphatic heterocycles. The van der Waals surface area contributed by atoms with Crippen LogP contribution in [-0.4, -0.2) is 26.5 Å². The molecule has 0 spiro atoms. The quantitative estimate of drug-likeness (QED) is 0.599. The molecule has 0 heterocycles. The van der Waals surface area contributed by atoms with Gasteiger partial charge in [-0.25, -0.2) is 0 Å². The largest absolute Gasteiger partial charge is 0.481 e. The van der Waals surface area contributed by atoms with Crippen molar-refractivity contribution < 1.29 is 19.8 Å². The third-order valence-electron chi connectivity index (χ3n) is 1.77. The van der Waals surface area contributed by atoms with Gasteiger partial charge >= 0.3 is 11.9 Å². The molecule has 0 saturated carbocycles. The molecule has 1 aliphatic carbocycles. The lowest BCUT2D eigenvalue weighted by atomic mass is 9.96. The van der Waals surface area contributed by atoms with Crippen molar-refractivity contribution in [2.24, 2.45) is 5.92 Å². The van der Waals surface area contributed by atoms with Crippen molar-refractivity contribution in [1.82, 2.24) is 0 Å². The van der Waals surface area contributed by atoms with E-state index in [1.807, 2.05) is 0 Å². The topological polar surface area (TPSA) is 74.6 Å². The van der Waals surface area contributed by atoms with Gasteiger partial charge in [0.15, 0.2) is 4.32 Å². The smallest absolute Gasteiger partial charge is 0.328 e. The lowest BCUT2D eigenvalue weighted by Crippen LogP contribution is -2.31. The molecule has 14 heavy (non-hydrogen) atoms. The number of aliphatic carboxylic acids is 2. The van der Waals surface area contributed by atoms with Crippen molar-refractivity contribution in [2.75, 3.05) is 0 Å². The zero-order valence-corrected chi connectivity index (χ0v) is 9.95. The van der Waals surface area contributed by atoms with Crippen LogP contribution in [0.3, 0.4) is 0 Å². The van der Waals surface area contributed by atoms with E-state index in [0.29, 0.717) is 4.48 Å². The van der Waals surface area contributed by atoms with Crippen LogP contribution in [-0.2, 0) is 9.59 Å². The van der Waals surface area contributed by atoms with Crippen molar-refractivity contribution in [2.45, 2.75) is 4.32 Å². The number of rotatable bonds is 2. The van der Waals surface area contributed by atoms with E-state index in [1.54, 1.807) is 0 Å². The van der Waals surface area contributed by atoms with Crippen LogP contribution in [0.25, 0.3) is 0 Å². The number of halogens is 2. The number of carboxylic acid groups (broad SMARTS) is 2. The van der Waals surface area contributed by atoms with E-state index in [9.17, 15) is 9.59 Å². The van der Waals surface area contributed by atoms with Crippen LogP contribution in [0, 0.1) is 5.92 Å². The third-order valence-corrected chi connectivity index (χ3v) is 3.32. The molecule has 6 heteroatoms. The molecule has 2 N–H and O–H groups in total. The van der Waals surface area contributed by atoms with Gasteiger partial charge in [-0.3, -0.25) is 9.59 Å². The van der Waals surface area contributed by atoms with E-state index < -0.39 is 22.2 Å². The summed E-state index contributed by atoms with van der Waals surface area (Å²) in [5.74, 6) is -2.92. The second kappa shape index (κ2) is 3.86. The van der Waals surface area contributed by atoms with Crippen molar-refractivity contribution in [3.05, 3.63) is 22.7 Å². The maximum Gasteiger partial charge on any atom is 0.328 e. The first-order chi connectivity index (χ1) is 6.37. The van der Waals surface area contributed by atoms with Crippen LogP contribution in [0.2, 0.25) is 0 Å². The second-order valence-corrected chi connectivity index (χ2v) is 5.01. The van der Waals surface area contributed by atoms with Crippen LogP contribution in [0.1, 0.15) is 0 Å². The summed E-state index contributed by atoms with van der Waals surface area (Å²) in [6.45, 7) is 0. The van der Waals surface area contributed by atoms with Crippen LogP contribution in [0.4, 0.5) is 0 Å². The summed E-state index contributed by atoms with van der Waals surface area (Å²) in [5.41, 5.74) is 0. The first-order valence-corrected chi connectivity index (χ1v) is 5.18. The highest BCUT2D eigenvalue weighted by Crippen LogP contribution is 2.34. The molecule has 0 amide bonds. The Hall–Kier alpha value is -0.620. The van der Waals surface area contributed by atoms with E-state index in [-0.39, 0.29) is 0 Å². The van der Waals surface area contributed by atoms with E-state index in [0.717, 1.165) is 0 Å². The molecule has 2 atom stereocenters. The highest BCUT2D eigenvalue weighted by Gasteiger charge is 2.36. The summed E-state index contributed by atoms with van der Waals surface area (Å²) in [4.78, 5) is 21.4. The lowest BCUT2D eigenvalue weighted by molar-refractivity contribution is -0.140. The average molecular weight is 326 g/mol. The molecular weight excluding hydrogens is 320 g/mol. The number of hydrogen-bond acceptors (Lipinski definition) is 2. The summed E-state index contributed by atoms with van der Waals surface area (Å²) in [6, 6.07) is 0. The van der Waals surface area contributed by atoms with E-state index >= 15 is 0 Å². The maximum absolute atomic E-state index is 10.8. The predicted octanol–water partition coefficient (Wildman–Crippen LogP) is 1.75. The monoisotopic (exact) mass is 324 g/mol. The van der Waals surface area contributed by atoms with Crippen molar-refractivity contribution in [3.8, 4) is 0 Å². The first-order valence-electron chi connectivity index (χ1n) is 3.59. The first kappa shape index (κ1) is 11.5. The molecule has 0 fully saturated rings. The molecule has 76 valence electrons. The molecule has 0 radical (unpaired) electrons. The van der Waals surface area contributed by atoms with Gasteiger partial charge in [-0.2, -0.15) is 0 Å². The maximum atomic E-state index is 10.8. The Bertz CT molecular complexity index is 347. The summed E-state index contributed by atoms with van der Waals surface area (Å²) in [6.07, 6.45) is 3.95. The second-order valence-electron chi connectivity index (χ2n) is 2.78. The molecular formula is C8H6Br2O4. The van der Waals surface area contributed by atoms with E-state index in [2.05, 4.69) is 31.9 Å². The Balaban J connectivity index is 3.02. The third kappa shape index (κ3) is 2.06. The fourth-order valence-corrected chi connectivity index (χ4v) is 2.42. The summed E-state index contributed by atoms with van der Waals surface area (Å²) < 4.78 is -0.982. The zero-order valence-electron chi connectivity index (χ0n) is 6.78. The van der Waals surface area contributed by atoms with Gasteiger partial charge in [0.1, 0.15) is 5.92 Å². The standard InChI is InChI=1S/C8H6Br2O4/c9-5-3-8(10,7(13)14)2-1-4(5)6(11)12/h1-4H,(H,11,12)(H,13,14). The Morgan fingerprint density at radius 3 is 2.36 bits per heavy atom. The van der Waals surface area contributed by atoms with Gasteiger partial charge in [0.05, 0.1) is 0 Å². The average Bonchev–Trinajstić information content (AvgIpc) is 2.02. The van der Waals surface area contributed by atoms with Gasteiger partial charge in [0.25, 0.3) is 0 Å². The van der Waals surface area contributed by atoms with Gasteiger partial charge in [0.2, 0.25) is 0 Å². The summed E-state index contributed by atoms with van der Waals surface area (Å²) in [7, 11) is 0. The number of hydrogen-bond donors (Lipinski definition) is 2. The molecule has 2 unspecified atom stereocenters. The Labute approximate surface area is 96.6 Å². The fraction of sp³-hybridized carbons (Fsp3) is 0.250. The predicted molar refractivity (Wildman–Crippen MR) is 56.6 cm³/mol. The van der Waals surface area contributed by atoms with Crippen molar-refractivity contribution >= 4 is 43.8 Å². The molecule has 0 bridgehead atoms. The van der Waals surface area contributed by atoms with Crippen LogP contribution in [0.5, 0.6) is 0 Å². The molecule has 1 aliphatic rings. The zero-order chi connectivity index (χ0) is 10.9. The van der Waals surface area contributed by atoms with Crippen LogP contribution in [0.15, 0.2) is 22.7 Å². The van der Waals surface area contributed by atoms with Gasteiger partial charge in [-0.05, 0) is 6.08 Å². The molecule has 4 nitrogen and oxygen atoms in total. The number of carboxylic acids is 2. The van der Waals surface area contributed by atoms with Crippen molar-refractivity contribution in [3.63, 3.8) is 0 Å². The minimum atomic E-state index is -1.31. The molecule has 0 aromatic heterocycles. The SMILES string of the molecule is O=C(O)C1C=CC(Br)(C(=O)O)C=C1Br. The minimum Gasteiger partial charge on any atom is -0.481 e. The lowest BCUT2D eigenvalue weighted by Gasteiger charge is -2.21. The van der Waals surface area contributed by atoms with Gasteiger partial charge < -0.3 is 10.2 Å². The fourth-order valence-electron chi connectivity index (χ4n) is 1.00. The van der Waals surface area contributed by atoms with Gasteiger partial charge in [-0.15, -0.1) is 0 Å². The van der Waals surface area contributed by atoms with E-state index in [4.69, 9.17) is 10.2 Å². The molecule has 0 aromatic carbocycles. The molecule has 0 aromatic rings. The molecule has 0 saturated heterocycles. The summed E-state index contributed by atoms with van der Waals surface area (Å²) >= 11 is 6.03. The van der Waals surface area contributed by atoms with E-state index in [1.165, 1.54) is 18.2 Å². The van der Waals surface area contributed by atoms with Crippen LogP contribution >= 0.6 is 31.9 Å². The number of alkyl halides is 1. The van der Waals surface area contributed by atoms with Crippen molar-refractivity contribution in [1.29, 1.82) is 0 Å². The Morgan fingerprint density at radius 1 is 1.43 bits per heavy atom. The molecule has 1 rings (SSSR count). The van der Waals surface area contributed by atoms with Gasteiger partial charge in [0, 0.05) is 4.48 Å². The highest BCUT2D eigenvalue weighted by atomic mass is 79.9.